The standard InChI is InChI=1S/C29H21F2N7O3/c30-17-9-10-21-23(13-17)37(16-33-21)28-32-14-24-27(35-28)38(22-11-12-41-26-19(22)7-4-8-20(26)31)29(40)36(24)15-25(39)34-18-5-2-1-3-6-18/h1-10,13-14,16,22H,11-12,15H2,(H,34,39). The molecule has 0 saturated carbocycles. The number of hydrogen-bond acceptors (Lipinski definition) is 6. The van der Waals surface area contributed by atoms with Crippen LogP contribution in [0.25, 0.3) is 28.1 Å². The summed E-state index contributed by atoms with van der Waals surface area (Å²) in [5, 5.41) is 2.79. The van der Waals surface area contributed by atoms with Crippen LogP contribution in [0.15, 0.2) is 84.0 Å². The number of imidazole rings is 2. The summed E-state index contributed by atoms with van der Waals surface area (Å²) >= 11 is 0. The number of fused-ring (bicyclic) bond motifs is 3. The Labute approximate surface area is 230 Å². The van der Waals surface area contributed by atoms with Crippen molar-refractivity contribution in [3.8, 4) is 11.7 Å². The van der Waals surface area contributed by atoms with Crippen LogP contribution in [-0.2, 0) is 11.3 Å². The summed E-state index contributed by atoms with van der Waals surface area (Å²) in [5.41, 5.74) is 2.07. The lowest BCUT2D eigenvalue weighted by Gasteiger charge is -2.26. The number of amides is 1. The fourth-order valence-electron chi connectivity index (χ4n) is 5.24. The average Bonchev–Trinajstić information content (AvgIpc) is 3.51. The molecule has 0 radical (unpaired) electrons. The molecule has 0 spiro atoms. The van der Waals surface area contributed by atoms with Gasteiger partial charge in [-0.25, -0.2) is 23.5 Å². The van der Waals surface area contributed by atoms with Gasteiger partial charge in [0.25, 0.3) is 0 Å². The molecule has 12 heteroatoms. The molecular formula is C29H21F2N7O3. The van der Waals surface area contributed by atoms with Crippen molar-refractivity contribution in [1.29, 1.82) is 0 Å². The number of rotatable bonds is 5. The van der Waals surface area contributed by atoms with Gasteiger partial charge in [0.15, 0.2) is 17.2 Å². The van der Waals surface area contributed by atoms with Crippen molar-refractivity contribution < 1.29 is 18.3 Å². The molecule has 1 aliphatic heterocycles. The Morgan fingerprint density at radius 1 is 1.02 bits per heavy atom. The third-order valence-electron chi connectivity index (χ3n) is 7.08. The second-order valence-corrected chi connectivity index (χ2v) is 9.59. The van der Waals surface area contributed by atoms with Gasteiger partial charge >= 0.3 is 5.69 Å². The van der Waals surface area contributed by atoms with Gasteiger partial charge in [0, 0.05) is 23.7 Å². The fraction of sp³-hybridized carbons (Fsp3) is 0.138. The zero-order valence-electron chi connectivity index (χ0n) is 21.4. The number of carbonyl (C=O) groups is 1. The van der Waals surface area contributed by atoms with Gasteiger partial charge in [-0.15, -0.1) is 0 Å². The van der Waals surface area contributed by atoms with Crippen LogP contribution in [0.5, 0.6) is 5.75 Å². The summed E-state index contributed by atoms with van der Waals surface area (Å²) in [7, 11) is 0. The predicted octanol–water partition coefficient (Wildman–Crippen LogP) is 4.22. The van der Waals surface area contributed by atoms with Crippen LogP contribution >= 0.6 is 0 Å². The van der Waals surface area contributed by atoms with E-state index in [4.69, 9.17) is 9.72 Å². The molecule has 0 saturated heterocycles. The molecule has 0 aliphatic carbocycles. The number of ether oxygens (including phenoxy) is 1. The van der Waals surface area contributed by atoms with E-state index in [9.17, 15) is 18.4 Å². The lowest BCUT2D eigenvalue weighted by Crippen LogP contribution is -2.33. The number of anilines is 1. The van der Waals surface area contributed by atoms with Gasteiger partial charge in [0.2, 0.25) is 11.9 Å². The number of nitrogens with one attached hydrogen (secondary N) is 1. The molecule has 204 valence electrons. The quantitative estimate of drug-likeness (QED) is 0.343. The van der Waals surface area contributed by atoms with E-state index in [1.165, 1.54) is 44.4 Å². The zero-order chi connectivity index (χ0) is 28.1. The number of aromatic nitrogens is 6. The molecule has 3 aromatic carbocycles. The van der Waals surface area contributed by atoms with Crippen molar-refractivity contribution >= 4 is 33.8 Å². The fourth-order valence-corrected chi connectivity index (χ4v) is 5.24. The molecular weight excluding hydrogens is 532 g/mol. The highest BCUT2D eigenvalue weighted by Crippen LogP contribution is 2.37. The first kappa shape index (κ1) is 24.6. The first-order valence-electron chi connectivity index (χ1n) is 12.8. The smallest absolute Gasteiger partial charge is 0.331 e. The van der Waals surface area contributed by atoms with Gasteiger partial charge in [-0.3, -0.25) is 18.5 Å². The average molecular weight is 554 g/mol. The number of benzene rings is 3. The molecule has 3 aromatic heterocycles. The number of hydrogen-bond donors (Lipinski definition) is 1. The molecule has 1 amide bonds. The third-order valence-corrected chi connectivity index (χ3v) is 7.08. The minimum Gasteiger partial charge on any atom is -0.490 e. The third kappa shape index (κ3) is 4.20. The molecule has 10 nitrogen and oxygen atoms in total. The van der Waals surface area contributed by atoms with E-state index in [0.717, 1.165) is 0 Å². The number of para-hydroxylation sites is 2. The van der Waals surface area contributed by atoms with E-state index in [1.807, 2.05) is 6.07 Å². The van der Waals surface area contributed by atoms with Crippen molar-refractivity contribution in [1.82, 2.24) is 28.7 Å². The number of carbonyl (C=O) groups excluding carboxylic acids is 1. The van der Waals surface area contributed by atoms with Crippen LogP contribution in [0, 0.1) is 11.6 Å². The van der Waals surface area contributed by atoms with Gasteiger partial charge in [-0.05, 0) is 30.3 Å². The summed E-state index contributed by atoms with van der Waals surface area (Å²) in [4.78, 5) is 40.4. The van der Waals surface area contributed by atoms with Gasteiger partial charge in [0.05, 0.1) is 29.9 Å². The van der Waals surface area contributed by atoms with Crippen molar-refractivity contribution in [2.75, 3.05) is 11.9 Å². The summed E-state index contributed by atoms with van der Waals surface area (Å²) in [6.07, 6.45) is 3.28. The van der Waals surface area contributed by atoms with E-state index >= 15 is 0 Å². The molecule has 41 heavy (non-hydrogen) atoms. The molecule has 1 atom stereocenters. The molecule has 1 aliphatic rings. The maximum Gasteiger partial charge on any atom is 0.331 e. The maximum atomic E-state index is 14.7. The summed E-state index contributed by atoms with van der Waals surface area (Å²) in [6, 6.07) is 17.0. The van der Waals surface area contributed by atoms with Crippen LogP contribution in [0.4, 0.5) is 14.5 Å². The Kier molecular flexibility index (Phi) is 5.81. The Morgan fingerprint density at radius 3 is 2.73 bits per heavy atom. The highest BCUT2D eigenvalue weighted by atomic mass is 19.1. The number of halogens is 2. The van der Waals surface area contributed by atoms with Gasteiger partial charge in [-0.1, -0.05) is 30.3 Å². The van der Waals surface area contributed by atoms with E-state index in [1.54, 1.807) is 42.5 Å². The summed E-state index contributed by atoms with van der Waals surface area (Å²) in [6.45, 7) is -0.131. The van der Waals surface area contributed by atoms with Crippen LogP contribution in [0.1, 0.15) is 18.0 Å². The molecule has 1 N–H and O–H groups in total. The van der Waals surface area contributed by atoms with E-state index in [-0.39, 0.29) is 30.5 Å². The first-order valence-corrected chi connectivity index (χ1v) is 12.8. The molecule has 0 bridgehead atoms. The zero-order valence-corrected chi connectivity index (χ0v) is 21.4. The van der Waals surface area contributed by atoms with Crippen LogP contribution in [0.3, 0.4) is 0 Å². The molecule has 6 aromatic rings. The normalized spacial score (nSPS) is 14.6. The summed E-state index contributed by atoms with van der Waals surface area (Å²) < 4.78 is 38.6. The second-order valence-electron chi connectivity index (χ2n) is 9.59. The highest BCUT2D eigenvalue weighted by Gasteiger charge is 2.30. The van der Waals surface area contributed by atoms with Crippen molar-refractivity contribution in [2.24, 2.45) is 0 Å². The monoisotopic (exact) mass is 553 g/mol. The van der Waals surface area contributed by atoms with E-state index in [2.05, 4.69) is 15.3 Å². The van der Waals surface area contributed by atoms with Gasteiger partial charge < -0.3 is 10.1 Å². The maximum absolute atomic E-state index is 14.7. The Morgan fingerprint density at radius 2 is 1.88 bits per heavy atom. The molecule has 1 unspecified atom stereocenters. The Balaban J connectivity index is 1.40. The van der Waals surface area contributed by atoms with Crippen LogP contribution in [0.2, 0.25) is 0 Å². The van der Waals surface area contributed by atoms with Crippen molar-refractivity contribution in [3.05, 3.63) is 107 Å². The topological polar surface area (TPSA) is 109 Å². The minimum absolute atomic E-state index is 0.0729. The SMILES string of the molecule is O=C(Cn1c(=O)n(C2CCOc3c(F)cccc32)c2nc(-n3cnc4ccc(F)cc43)ncc21)Nc1ccccc1. The predicted molar refractivity (Wildman–Crippen MR) is 146 cm³/mol. The van der Waals surface area contributed by atoms with E-state index in [0.29, 0.717) is 34.2 Å². The van der Waals surface area contributed by atoms with Crippen LogP contribution < -0.4 is 15.7 Å². The molecule has 7 rings (SSSR count). The lowest BCUT2D eigenvalue weighted by atomic mass is 10.00. The largest absolute Gasteiger partial charge is 0.490 e. The first-order chi connectivity index (χ1) is 20.0. The van der Waals surface area contributed by atoms with Crippen molar-refractivity contribution in [3.63, 3.8) is 0 Å². The Hall–Kier alpha value is -5.39. The van der Waals surface area contributed by atoms with Crippen LogP contribution in [-0.4, -0.2) is 41.2 Å². The van der Waals surface area contributed by atoms with Gasteiger partial charge in [0.1, 0.15) is 24.2 Å². The molecule has 4 heterocycles. The van der Waals surface area contributed by atoms with Gasteiger partial charge in [-0.2, -0.15) is 4.98 Å². The minimum atomic E-state index is -0.623. The highest BCUT2D eigenvalue weighted by molar-refractivity contribution is 5.91. The number of nitrogens with zero attached hydrogens (tertiary/aromatic N) is 6. The lowest BCUT2D eigenvalue weighted by molar-refractivity contribution is -0.116. The molecule has 0 fully saturated rings. The second kappa shape index (κ2) is 9.66. The van der Waals surface area contributed by atoms with E-state index < -0.39 is 29.3 Å². The van der Waals surface area contributed by atoms with Crippen molar-refractivity contribution in [2.45, 2.75) is 19.0 Å². The Bertz CT molecular complexity index is 2020. The summed E-state index contributed by atoms with van der Waals surface area (Å²) in [5.74, 6) is -1.18.